The molecule has 0 saturated carbocycles. The fraction of sp³-hybridized carbons (Fsp3) is 0.294. The predicted octanol–water partition coefficient (Wildman–Crippen LogP) is 2.05. The molecule has 6 nitrogen and oxygen atoms in total. The number of aromatic nitrogens is 4. The average molecular weight is 307 g/mol. The van der Waals surface area contributed by atoms with Crippen molar-refractivity contribution in [1.29, 1.82) is 0 Å². The highest BCUT2D eigenvalue weighted by atomic mass is 16.3. The Hall–Kier alpha value is -2.60. The molecular weight excluding hydrogens is 290 g/mol. The Balaban J connectivity index is 1.64. The van der Waals surface area contributed by atoms with Crippen LogP contribution < -0.4 is 4.90 Å². The molecule has 1 aliphatic rings. The van der Waals surface area contributed by atoms with Crippen LogP contribution in [0.1, 0.15) is 12.8 Å². The molecule has 116 valence electrons. The molecule has 1 fully saturated rings. The smallest absolute Gasteiger partial charge is 0.163 e. The van der Waals surface area contributed by atoms with Crippen molar-refractivity contribution in [3.63, 3.8) is 0 Å². The molecule has 3 aromatic rings. The van der Waals surface area contributed by atoms with Gasteiger partial charge in [0.05, 0.1) is 18.3 Å². The van der Waals surface area contributed by atoms with E-state index in [1.54, 1.807) is 6.20 Å². The van der Waals surface area contributed by atoms with Gasteiger partial charge in [-0.3, -0.25) is 0 Å². The first-order valence-corrected chi connectivity index (χ1v) is 7.76. The fourth-order valence-corrected chi connectivity index (χ4v) is 3.06. The van der Waals surface area contributed by atoms with Crippen LogP contribution in [-0.2, 0) is 0 Å². The molecule has 1 aliphatic heterocycles. The molecule has 0 aromatic carbocycles. The summed E-state index contributed by atoms with van der Waals surface area (Å²) in [6.07, 6.45) is 7.20. The minimum Gasteiger partial charge on any atom is -0.394 e. The minimum absolute atomic E-state index is 0.176. The molecular formula is C17H17N5O. The summed E-state index contributed by atoms with van der Waals surface area (Å²) in [5, 5.41) is 10.4. The molecule has 1 unspecified atom stereocenters. The Kier molecular flexibility index (Phi) is 3.59. The van der Waals surface area contributed by atoms with Crippen molar-refractivity contribution in [3.8, 4) is 11.3 Å². The number of nitrogens with zero attached hydrogens (tertiary/aromatic N) is 5. The van der Waals surface area contributed by atoms with Crippen molar-refractivity contribution in [2.24, 2.45) is 0 Å². The maximum Gasteiger partial charge on any atom is 0.163 e. The summed E-state index contributed by atoms with van der Waals surface area (Å²) in [5.41, 5.74) is 2.48. The van der Waals surface area contributed by atoms with Crippen molar-refractivity contribution < 1.29 is 5.11 Å². The Morgan fingerprint density at radius 2 is 2.09 bits per heavy atom. The van der Waals surface area contributed by atoms with Gasteiger partial charge >= 0.3 is 0 Å². The van der Waals surface area contributed by atoms with Crippen molar-refractivity contribution in [3.05, 3.63) is 43.0 Å². The summed E-state index contributed by atoms with van der Waals surface area (Å²) in [7, 11) is 0. The van der Waals surface area contributed by atoms with Crippen LogP contribution in [0, 0.1) is 0 Å². The Labute approximate surface area is 133 Å². The largest absolute Gasteiger partial charge is 0.394 e. The lowest BCUT2D eigenvalue weighted by atomic mass is 10.1. The Morgan fingerprint density at radius 1 is 1.13 bits per heavy atom. The van der Waals surface area contributed by atoms with Crippen LogP contribution in [0.3, 0.4) is 0 Å². The highest BCUT2D eigenvalue weighted by Gasteiger charge is 2.24. The molecule has 1 saturated heterocycles. The highest BCUT2D eigenvalue weighted by molar-refractivity contribution is 5.77. The molecule has 6 heteroatoms. The van der Waals surface area contributed by atoms with E-state index < -0.39 is 0 Å². The average Bonchev–Trinajstić information content (AvgIpc) is 3.10. The second-order valence-electron chi connectivity index (χ2n) is 5.71. The lowest BCUT2D eigenvalue weighted by molar-refractivity contribution is 0.266. The van der Waals surface area contributed by atoms with E-state index in [0.717, 1.165) is 41.8 Å². The maximum atomic E-state index is 9.44. The van der Waals surface area contributed by atoms with E-state index in [2.05, 4.69) is 24.8 Å². The number of aliphatic hydroxyl groups is 1. The first-order valence-electron chi connectivity index (χ1n) is 7.76. The molecule has 1 N–H and O–H groups in total. The van der Waals surface area contributed by atoms with Crippen molar-refractivity contribution in [2.45, 2.75) is 18.9 Å². The van der Waals surface area contributed by atoms with Gasteiger partial charge < -0.3 is 10.0 Å². The quantitative estimate of drug-likeness (QED) is 0.798. The summed E-state index contributed by atoms with van der Waals surface area (Å²) in [6.45, 7) is 1.12. The van der Waals surface area contributed by atoms with Gasteiger partial charge in [-0.05, 0) is 37.1 Å². The third kappa shape index (κ3) is 2.61. The number of fused-ring (bicyclic) bond motifs is 1. The Bertz CT molecular complexity index is 821. The molecule has 0 amide bonds. The normalized spacial score (nSPS) is 17.8. The third-order valence-electron chi connectivity index (χ3n) is 4.29. The van der Waals surface area contributed by atoms with Gasteiger partial charge in [0.25, 0.3) is 0 Å². The SMILES string of the molecule is OCC1CCCN1c1ccc(-c2ccc3cncnc3n2)cn1. The van der Waals surface area contributed by atoms with Crippen LogP contribution in [0.25, 0.3) is 22.3 Å². The van der Waals surface area contributed by atoms with Crippen LogP contribution in [0.2, 0.25) is 0 Å². The van der Waals surface area contributed by atoms with Crippen LogP contribution in [0.5, 0.6) is 0 Å². The van der Waals surface area contributed by atoms with Gasteiger partial charge in [0.1, 0.15) is 12.1 Å². The van der Waals surface area contributed by atoms with Gasteiger partial charge in [-0.2, -0.15) is 0 Å². The number of hydrogen-bond donors (Lipinski definition) is 1. The minimum atomic E-state index is 0.176. The van der Waals surface area contributed by atoms with Gasteiger partial charge in [0.2, 0.25) is 0 Å². The highest BCUT2D eigenvalue weighted by Crippen LogP contribution is 2.26. The van der Waals surface area contributed by atoms with E-state index in [4.69, 9.17) is 0 Å². The fourth-order valence-electron chi connectivity index (χ4n) is 3.06. The van der Waals surface area contributed by atoms with Gasteiger partial charge in [0, 0.05) is 29.9 Å². The van der Waals surface area contributed by atoms with Crippen LogP contribution in [-0.4, -0.2) is 44.2 Å². The maximum absolute atomic E-state index is 9.44. The summed E-state index contributed by atoms with van der Waals surface area (Å²) in [6, 6.07) is 8.12. The lowest BCUT2D eigenvalue weighted by Crippen LogP contribution is -2.32. The summed E-state index contributed by atoms with van der Waals surface area (Å²) < 4.78 is 0. The summed E-state index contributed by atoms with van der Waals surface area (Å²) in [5.74, 6) is 0.911. The van der Waals surface area contributed by atoms with Crippen LogP contribution >= 0.6 is 0 Å². The molecule has 0 bridgehead atoms. The van der Waals surface area contributed by atoms with Gasteiger partial charge in [-0.25, -0.2) is 19.9 Å². The second-order valence-corrected chi connectivity index (χ2v) is 5.71. The van der Waals surface area contributed by atoms with Crippen LogP contribution in [0.15, 0.2) is 43.0 Å². The molecule has 3 aromatic heterocycles. The molecule has 4 heterocycles. The Morgan fingerprint density at radius 3 is 2.91 bits per heavy atom. The monoisotopic (exact) mass is 307 g/mol. The van der Waals surface area contributed by atoms with Crippen molar-refractivity contribution >= 4 is 16.9 Å². The molecule has 0 radical (unpaired) electrons. The molecule has 4 rings (SSSR count). The number of hydrogen-bond acceptors (Lipinski definition) is 6. The van der Waals surface area contributed by atoms with Crippen molar-refractivity contribution in [1.82, 2.24) is 19.9 Å². The van der Waals surface area contributed by atoms with E-state index in [-0.39, 0.29) is 12.6 Å². The zero-order valence-electron chi connectivity index (χ0n) is 12.6. The number of pyridine rings is 2. The molecule has 1 atom stereocenters. The number of aliphatic hydroxyl groups excluding tert-OH is 1. The topological polar surface area (TPSA) is 75.0 Å². The zero-order chi connectivity index (χ0) is 15.6. The predicted molar refractivity (Wildman–Crippen MR) is 88.0 cm³/mol. The first-order chi connectivity index (χ1) is 11.3. The van der Waals surface area contributed by atoms with E-state index in [0.29, 0.717) is 5.65 Å². The molecule has 0 aliphatic carbocycles. The first kappa shape index (κ1) is 14.0. The van der Waals surface area contributed by atoms with Gasteiger partial charge in [-0.1, -0.05) is 0 Å². The van der Waals surface area contributed by atoms with Gasteiger partial charge in [0.15, 0.2) is 5.65 Å². The standard InChI is InChI=1S/C17H17N5O/c23-10-14-2-1-7-22(14)16-6-4-12(9-19-16)15-5-3-13-8-18-11-20-17(13)21-15/h3-6,8-9,11,14,23H,1-2,7,10H2. The number of rotatable bonds is 3. The van der Waals surface area contributed by atoms with E-state index in [1.807, 2.05) is 30.5 Å². The molecule has 23 heavy (non-hydrogen) atoms. The van der Waals surface area contributed by atoms with E-state index >= 15 is 0 Å². The zero-order valence-corrected chi connectivity index (χ0v) is 12.6. The van der Waals surface area contributed by atoms with E-state index in [9.17, 15) is 5.11 Å². The van der Waals surface area contributed by atoms with Gasteiger partial charge in [-0.15, -0.1) is 0 Å². The summed E-state index contributed by atoms with van der Waals surface area (Å²) >= 11 is 0. The second kappa shape index (κ2) is 5.89. The van der Waals surface area contributed by atoms with Crippen molar-refractivity contribution in [2.75, 3.05) is 18.1 Å². The lowest BCUT2D eigenvalue weighted by Gasteiger charge is -2.24. The third-order valence-corrected chi connectivity index (χ3v) is 4.29. The number of anilines is 1. The van der Waals surface area contributed by atoms with E-state index in [1.165, 1.54) is 6.33 Å². The molecule has 0 spiro atoms. The van der Waals surface area contributed by atoms with Crippen LogP contribution in [0.4, 0.5) is 5.82 Å². The summed E-state index contributed by atoms with van der Waals surface area (Å²) in [4.78, 5) is 19.5.